The third-order valence-corrected chi connectivity index (χ3v) is 5.88. The first kappa shape index (κ1) is 19.9. The maximum atomic E-state index is 12.6. The van der Waals surface area contributed by atoms with Gasteiger partial charge in [-0.1, -0.05) is 30.7 Å². The average Bonchev–Trinajstić information content (AvgIpc) is 2.62. The molecule has 2 aromatic carbocycles. The molecule has 0 spiro atoms. The van der Waals surface area contributed by atoms with Gasteiger partial charge in [-0.25, -0.2) is 13.2 Å². The molecule has 8 heteroatoms. The van der Waals surface area contributed by atoms with Gasteiger partial charge < -0.3 is 10.1 Å². The van der Waals surface area contributed by atoms with Crippen molar-refractivity contribution in [3.05, 3.63) is 58.6 Å². The number of sulfone groups is 1. The molecular weight excluding hydrogens is 378 g/mol. The summed E-state index contributed by atoms with van der Waals surface area (Å²) in [4.78, 5) is 24.2. The molecule has 0 saturated heterocycles. The van der Waals surface area contributed by atoms with Gasteiger partial charge >= 0.3 is 5.97 Å². The highest BCUT2D eigenvalue weighted by molar-refractivity contribution is 7.91. The van der Waals surface area contributed by atoms with Crippen molar-refractivity contribution in [3.63, 3.8) is 0 Å². The highest BCUT2D eigenvalue weighted by Crippen LogP contribution is 2.25. The van der Waals surface area contributed by atoms with E-state index in [1.807, 2.05) is 0 Å². The molecule has 0 fully saturated rings. The molecule has 0 atom stereocenters. The van der Waals surface area contributed by atoms with Crippen molar-refractivity contribution in [1.29, 1.82) is 0 Å². The quantitative estimate of drug-likeness (QED) is 0.755. The zero-order valence-electron chi connectivity index (χ0n) is 14.3. The molecule has 0 saturated carbocycles. The Hall–Kier alpha value is -2.38. The Morgan fingerprint density at radius 2 is 1.85 bits per heavy atom. The number of methoxy groups -OCH3 is 1. The fraction of sp³-hybridized carbons (Fsp3) is 0.222. The molecule has 0 aliphatic carbocycles. The Bertz CT molecular complexity index is 940. The summed E-state index contributed by atoms with van der Waals surface area (Å²) in [6, 6.07) is 10.2. The van der Waals surface area contributed by atoms with Crippen molar-refractivity contribution in [1.82, 2.24) is 0 Å². The summed E-state index contributed by atoms with van der Waals surface area (Å²) in [7, 11) is -2.34. The minimum absolute atomic E-state index is 0.0143. The molecule has 0 radical (unpaired) electrons. The van der Waals surface area contributed by atoms with Gasteiger partial charge in [0.2, 0.25) is 0 Å². The predicted octanol–water partition coefficient (Wildman–Crippen LogP) is 3.56. The number of carbonyl (C=O) groups is 2. The first-order valence-corrected chi connectivity index (χ1v) is 9.84. The molecular formula is C18H18ClNO5S. The van der Waals surface area contributed by atoms with Crippen LogP contribution in [0.3, 0.4) is 0 Å². The van der Waals surface area contributed by atoms with Crippen molar-refractivity contribution in [2.24, 2.45) is 0 Å². The van der Waals surface area contributed by atoms with Crippen LogP contribution in [0, 0.1) is 0 Å². The molecule has 0 bridgehead atoms. The van der Waals surface area contributed by atoms with Crippen LogP contribution in [-0.2, 0) is 14.6 Å². The second-order valence-electron chi connectivity index (χ2n) is 5.46. The first-order valence-electron chi connectivity index (χ1n) is 7.81. The van der Waals surface area contributed by atoms with Gasteiger partial charge in [-0.05, 0) is 36.8 Å². The fourth-order valence-electron chi connectivity index (χ4n) is 2.36. The van der Waals surface area contributed by atoms with Crippen LogP contribution in [0.25, 0.3) is 0 Å². The average molecular weight is 396 g/mol. The van der Waals surface area contributed by atoms with Gasteiger partial charge in [-0.15, -0.1) is 0 Å². The van der Waals surface area contributed by atoms with E-state index in [0.717, 1.165) is 0 Å². The van der Waals surface area contributed by atoms with Crippen LogP contribution in [-0.4, -0.2) is 33.2 Å². The van der Waals surface area contributed by atoms with E-state index in [1.165, 1.54) is 37.4 Å². The van der Waals surface area contributed by atoms with E-state index in [-0.39, 0.29) is 32.5 Å². The number of amides is 1. The smallest absolute Gasteiger partial charge is 0.337 e. The molecule has 1 amide bonds. The Balaban J connectivity index is 2.39. The Kier molecular flexibility index (Phi) is 6.39. The van der Waals surface area contributed by atoms with E-state index < -0.39 is 21.7 Å². The van der Waals surface area contributed by atoms with Crippen LogP contribution in [0.5, 0.6) is 0 Å². The van der Waals surface area contributed by atoms with Crippen LogP contribution in [0.15, 0.2) is 47.4 Å². The molecule has 0 aromatic heterocycles. The molecule has 138 valence electrons. The molecule has 2 rings (SSSR count). The molecule has 0 aliphatic rings. The second kappa shape index (κ2) is 8.33. The van der Waals surface area contributed by atoms with Crippen molar-refractivity contribution in [2.45, 2.75) is 18.2 Å². The summed E-state index contributed by atoms with van der Waals surface area (Å²) >= 11 is 6.07. The minimum Gasteiger partial charge on any atom is -0.465 e. The number of rotatable bonds is 6. The van der Waals surface area contributed by atoms with Gasteiger partial charge in [-0.3, -0.25) is 4.79 Å². The lowest BCUT2D eigenvalue weighted by molar-refractivity contribution is 0.0600. The third-order valence-electron chi connectivity index (χ3n) is 3.58. The molecule has 1 N–H and O–H groups in total. The highest BCUT2D eigenvalue weighted by atomic mass is 35.5. The number of anilines is 1. The molecule has 2 aromatic rings. The summed E-state index contributed by atoms with van der Waals surface area (Å²) in [5.41, 5.74) is 0.404. The van der Waals surface area contributed by atoms with Gasteiger partial charge in [0.15, 0.2) is 9.84 Å². The third kappa shape index (κ3) is 4.42. The Morgan fingerprint density at radius 1 is 1.15 bits per heavy atom. The molecule has 0 unspecified atom stereocenters. The number of esters is 1. The van der Waals surface area contributed by atoms with E-state index in [0.29, 0.717) is 6.42 Å². The van der Waals surface area contributed by atoms with E-state index >= 15 is 0 Å². The Labute approximate surface area is 157 Å². The molecule has 0 heterocycles. The van der Waals surface area contributed by atoms with Crippen molar-refractivity contribution < 1.29 is 22.7 Å². The Morgan fingerprint density at radius 3 is 2.50 bits per heavy atom. The lowest BCUT2D eigenvalue weighted by atomic mass is 10.1. The summed E-state index contributed by atoms with van der Waals surface area (Å²) in [6.45, 7) is 1.75. The highest BCUT2D eigenvalue weighted by Gasteiger charge is 2.22. The van der Waals surface area contributed by atoms with Gasteiger partial charge in [0.25, 0.3) is 5.91 Å². The number of hydrogen-bond acceptors (Lipinski definition) is 5. The zero-order valence-corrected chi connectivity index (χ0v) is 15.9. The minimum atomic E-state index is -3.58. The topological polar surface area (TPSA) is 89.5 Å². The van der Waals surface area contributed by atoms with Crippen LogP contribution in [0.1, 0.15) is 34.1 Å². The van der Waals surface area contributed by atoms with Crippen LogP contribution in [0.2, 0.25) is 5.02 Å². The number of hydrogen-bond donors (Lipinski definition) is 1. The summed E-state index contributed by atoms with van der Waals surface area (Å²) in [5, 5.41) is 2.77. The molecule has 0 aliphatic heterocycles. The summed E-state index contributed by atoms with van der Waals surface area (Å²) in [5.74, 6) is -1.28. The van der Waals surface area contributed by atoms with Crippen molar-refractivity contribution in [3.8, 4) is 0 Å². The predicted molar refractivity (Wildman–Crippen MR) is 99.5 cm³/mol. The number of ether oxygens (including phenoxy) is 1. The van der Waals surface area contributed by atoms with Gasteiger partial charge in [0.05, 0.1) is 39.6 Å². The lowest BCUT2D eigenvalue weighted by Gasteiger charge is -2.12. The standard InChI is InChI=1S/C18H18ClNO5S/c1-3-10-26(23,24)16-7-5-4-6-13(16)17(21)20-15-11-12(18(22)25-2)8-9-14(15)19/h4-9,11H,3,10H2,1-2H3,(H,20,21). The lowest BCUT2D eigenvalue weighted by Crippen LogP contribution is -2.18. The monoisotopic (exact) mass is 395 g/mol. The van der Waals surface area contributed by atoms with E-state index in [9.17, 15) is 18.0 Å². The summed E-state index contributed by atoms with van der Waals surface area (Å²) < 4.78 is 29.4. The van der Waals surface area contributed by atoms with Crippen molar-refractivity contribution >= 4 is 39.0 Å². The zero-order chi connectivity index (χ0) is 19.3. The van der Waals surface area contributed by atoms with Crippen molar-refractivity contribution in [2.75, 3.05) is 18.2 Å². The number of carbonyl (C=O) groups excluding carboxylic acids is 2. The number of benzene rings is 2. The van der Waals surface area contributed by atoms with Gasteiger partial charge in [-0.2, -0.15) is 0 Å². The van der Waals surface area contributed by atoms with Crippen LogP contribution >= 0.6 is 11.6 Å². The maximum absolute atomic E-state index is 12.6. The van der Waals surface area contributed by atoms with Gasteiger partial charge in [0.1, 0.15) is 0 Å². The number of nitrogens with one attached hydrogen (secondary N) is 1. The molecule has 26 heavy (non-hydrogen) atoms. The van der Waals surface area contributed by atoms with Gasteiger partial charge in [0, 0.05) is 0 Å². The maximum Gasteiger partial charge on any atom is 0.337 e. The summed E-state index contributed by atoms with van der Waals surface area (Å²) in [6.07, 6.45) is 0.436. The van der Waals surface area contributed by atoms with Crippen LogP contribution in [0.4, 0.5) is 5.69 Å². The first-order chi connectivity index (χ1) is 12.3. The van der Waals surface area contributed by atoms with Crippen LogP contribution < -0.4 is 5.32 Å². The van der Waals surface area contributed by atoms with E-state index in [4.69, 9.17) is 11.6 Å². The van der Waals surface area contributed by atoms with E-state index in [1.54, 1.807) is 19.1 Å². The normalized spacial score (nSPS) is 11.0. The number of halogens is 1. The largest absolute Gasteiger partial charge is 0.465 e. The molecule has 6 nitrogen and oxygen atoms in total. The van der Waals surface area contributed by atoms with E-state index in [2.05, 4.69) is 10.1 Å². The second-order valence-corrected chi connectivity index (χ2v) is 7.94. The fourth-order valence-corrected chi connectivity index (χ4v) is 4.06. The SMILES string of the molecule is CCCS(=O)(=O)c1ccccc1C(=O)Nc1cc(C(=O)OC)ccc1Cl.